The number of carbonyl (C=O) groups is 6. The number of piperidine rings is 1. The quantitative estimate of drug-likeness (QED) is 0.127. The van der Waals surface area contributed by atoms with Crippen molar-refractivity contribution in [1.29, 1.82) is 0 Å². The van der Waals surface area contributed by atoms with E-state index in [4.69, 9.17) is 4.74 Å². The zero-order chi connectivity index (χ0) is 36.1. The second-order valence-electron chi connectivity index (χ2n) is 14.8. The van der Waals surface area contributed by atoms with Crippen LogP contribution in [0.3, 0.4) is 0 Å². The molecule has 0 bridgehead atoms. The number of ether oxygens (including phenoxy) is 1. The number of methoxy groups -OCH3 is 1. The Hall–Kier alpha value is -4.22. The van der Waals surface area contributed by atoms with Crippen LogP contribution in [0.2, 0.25) is 0 Å². The van der Waals surface area contributed by atoms with Gasteiger partial charge in [-0.15, -0.1) is 6.58 Å². The highest BCUT2D eigenvalue weighted by Gasteiger charge is 2.70. The highest BCUT2D eigenvalue weighted by atomic mass is 16.5. The Bertz CT molecular complexity index is 1400. The summed E-state index contributed by atoms with van der Waals surface area (Å²) in [5.74, 6) is -2.57. The van der Waals surface area contributed by atoms with E-state index >= 15 is 0 Å². The molecular formula is C36H53N5O7. The van der Waals surface area contributed by atoms with Gasteiger partial charge < -0.3 is 30.9 Å². The van der Waals surface area contributed by atoms with Gasteiger partial charge in [-0.3, -0.25) is 24.0 Å². The van der Waals surface area contributed by atoms with E-state index in [0.29, 0.717) is 24.3 Å². The van der Waals surface area contributed by atoms with Crippen molar-refractivity contribution >= 4 is 35.3 Å². The van der Waals surface area contributed by atoms with Crippen molar-refractivity contribution in [3.05, 3.63) is 42.5 Å². The monoisotopic (exact) mass is 667 g/mol. The molecule has 1 heterocycles. The number of rotatable bonds is 15. The summed E-state index contributed by atoms with van der Waals surface area (Å²) >= 11 is 0. The summed E-state index contributed by atoms with van der Waals surface area (Å²) in [7, 11) is 1.53. The maximum atomic E-state index is 14.3. The van der Waals surface area contributed by atoms with Crippen molar-refractivity contribution in [3.8, 4) is 5.75 Å². The molecule has 264 valence electrons. The fourth-order valence-corrected chi connectivity index (χ4v) is 6.64. The Balaban J connectivity index is 1.82. The Morgan fingerprint density at radius 3 is 2.19 bits per heavy atom. The third kappa shape index (κ3) is 8.43. The van der Waals surface area contributed by atoms with Gasteiger partial charge in [0.05, 0.1) is 19.2 Å². The minimum atomic E-state index is -1.05. The molecule has 1 aliphatic heterocycles. The fraction of sp³-hybridized carbons (Fsp3) is 0.611. The van der Waals surface area contributed by atoms with Gasteiger partial charge in [-0.05, 0) is 59.3 Å². The summed E-state index contributed by atoms with van der Waals surface area (Å²) in [6.07, 6.45) is 2.25. The van der Waals surface area contributed by atoms with Crippen LogP contribution in [0.15, 0.2) is 36.9 Å². The smallest absolute Gasteiger partial charge is 0.316 e. The minimum absolute atomic E-state index is 0.0512. The van der Waals surface area contributed by atoms with Crippen molar-refractivity contribution in [3.63, 3.8) is 0 Å². The molecule has 12 heteroatoms. The normalized spacial score (nSPS) is 21.2. The van der Waals surface area contributed by atoms with E-state index in [2.05, 4.69) is 27.8 Å². The van der Waals surface area contributed by atoms with E-state index in [1.807, 2.05) is 55.4 Å². The lowest BCUT2D eigenvalue weighted by Gasteiger charge is -2.38. The van der Waals surface area contributed by atoms with E-state index in [-0.39, 0.29) is 41.9 Å². The zero-order valence-corrected chi connectivity index (χ0v) is 29.8. The molecule has 2 aliphatic rings. The van der Waals surface area contributed by atoms with E-state index in [0.717, 1.165) is 0 Å². The zero-order valence-electron chi connectivity index (χ0n) is 29.8. The number of ketones is 2. The Kier molecular flexibility index (Phi) is 12.2. The Morgan fingerprint density at radius 1 is 1.04 bits per heavy atom. The standard InChI is InChI=1S/C36H53N5O7/c1-11-13-24(29(43)32(45)37-18-12-2)38-31(44)27-25-23(36(25,8)9)19-41(27)33(46)30(35(5,6)7)40-34(47)39-26(20(3)4)28(42)21-14-16-22(48-10)17-15-21/h12,14-17,20,23-27,30H,2,11,13,18-19H2,1,3-10H3,(H,37,45)(H,38,44)(H2,39,40,47)/t23-,24?,25-,26-,27-,30+/m0/s1. The first kappa shape index (κ1) is 38.2. The fourth-order valence-electron chi connectivity index (χ4n) is 6.64. The van der Waals surface area contributed by atoms with Gasteiger partial charge in [-0.25, -0.2) is 4.79 Å². The molecule has 5 amide bonds. The first-order valence-electron chi connectivity index (χ1n) is 16.7. The molecule has 1 saturated heterocycles. The molecule has 0 radical (unpaired) electrons. The third-order valence-corrected chi connectivity index (χ3v) is 9.60. The minimum Gasteiger partial charge on any atom is -0.497 e. The molecule has 0 spiro atoms. The summed E-state index contributed by atoms with van der Waals surface area (Å²) in [4.78, 5) is 82.0. The Morgan fingerprint density at radius 2 is 1.67 bits per heavy atom. The average Bonchev–Trinajstić information content (AvgIpc) is 3.34. The molecule has 48 heavy (non-hydrogen) atoms. The lowest BCUT2D eigenvalue weighted by Crippen LogP contribution is -2.62. The molecule has 12 nitrogen and oxygen atoms in total. The number of Topliss-reactive ketones (excluding diaryl/α,β-unsaturated/α-hetero) is 2. The molecule has 3 rings (SSSR count). The number of hydrogen-bond acceptors (Lipinski definition) is 7. The molecule has 1 aromatic rings. The molecule has 1 saturated carbocycles. The molecule has 6 atom stereocenters. The number of benzene rings is 1. The van der Waals surface area contributed by atoms with Crippen LogP contribution >= 0.6 is 0 Å². The molecule has 2 fully saturated rings. The third-order valence-electron chi connectivity index (χ3n) is 9.60. The van der Waals surface area contributed by atoms with Gasteiger partial charge >= 0.3 is 6.03 Å². The first-order chi connectivity index (χ1) is 22.4. The van der Waals surface area contributed by atoms with Gasteiger partial charge in [0.1, 0.15) is 17.8 Å². The van der Waals surface area contributed by atoms with Crippen LogP contribution in [-0.2, 0) is 19.2 Å². The van der Waals surface area contributed by atoms with Crippen molar-refractivity contribution < 1.29 is 33.5 Å². The van der Waals surface area contributed by atoms with E-state index in [1.54, 1.807) is 24.3 Å². The molecule has 0 aromatic heterocycles. The second-order valence-corrected chi connectivity index (χ2v) is 14.8. The number of hydrogen-bond donors (Lipinski definition) is 4. The van der Waals surface area contributed by atoms with Gasteiger partial charge in [0.2, 0.25) is 17.6 Å². The topological polar surface area (TPSA) is 163 Å². The highest BCUT2D eigenvalue weighted by molar-refractivity contribution is 6.38. The van der Waals surface area contributed by atoms with E-state index < -0.39 is 59.1 Å². The summed E-state index contributed by atoms with van der Waals surface area (Å²) in [6, 6.07) is 2.06. The number of likely N-dealkylation sites (tertiary alicyclic amines) is 1. The number of nitrogens with zero attached hydrogens (tertiary/aromatic N) is 1. The van der Waals surface area contributed by atoms with E-state index in [9.17, 15) is 28.8 Å². The SMILES string of the molecule is C=CCNC(=O)C(=O)C(CCC)NC(=O)[C@@H]1[C@@H]2[C@H](CN1C(=O)[C@@H](NC(=O)N[C@H](C(=O)c1ccc(OC)cc1)C(C)C)C(C)(C)C)C2(C)C. The van der Waals surface area contributed by atoms with Crippen LogP contribution in [0.5, 0.6) is 5.75 Å². The van der Waals surface area contributed by atoms with Crippen molar-refractivity contribution in [1.82, 2.24) is 26.2 Å². The van der Waals surface area contributed by atoms with Crippen LogP contribution in [0.4, 0.5) is 4.79 Å². The molecule has 1 unspecified atom stereocenters. The summed E-state index contributed by atoms with van der Waals surface area (Å²) < 4.78 is 5.18. The number of amides is 5. The predicted octanol–water partition coefficient (Wildman–Crippen LogP) is 3.26. The lowest BCUT2D eigenvalue weighted by molar-refractivity contribution is -0.145. The van der Waals surface area contributed by atoms with Gasteiger partial charge in [-0.1, -0.05) is 67.9 Å². The van der Waals surface area contributed by atoms with E-state index in [1.165, 1.54) is 18.1 Å². The number of fused-ring (bicyclic) bond motifs is 1. The largest absolute Gasteiger partial charge is 0.497 e. The number of carbonyl (C=O) groups excluding carboxylic acids is 6. The van der Waals surface area contributed by atoms with Crippen LogP contribution in [0.1, 0.15) is 78.6 Å². The van der Waals surface area contributed by atoms with Crippen LogP contribution in [0, 0.1) is 28.6 Å². The lowest BCUT2D eigenvalue weighted by atomic mass is 9.85. The summed E-state index contributed by atoms with van der Waals surface area (Å²) in [5, 5.41) is 10.8. The van der Waals surface area contributed by atoms with Crippen LogP contribution < -0.4 is 26.0 Å². The molecule has 1 aromatic carbocycles. The number of nitrogens with one attached hydrogen (secondary N) is 4. The summed E-state index contributed by atoms with van der Waals surface area (Å²) in [6.45, 7) is 19.0. The van der Waals surface area contributed by atoms with Gasteiger partial charge in [0, 0.05) is 18.7 Å². The highest BCUT2D eigenvalue weighted by Crippen LogP contribution is 2.65. The number of urea groups is 1. The summed E-state index contributed by atoms with van der Waals surface area (Å²) in [5.41, 5.74) is -0.572. The van der Waals surface area contributed by atoms with Crippen molar-refractivity contribution in [2.75, 3.05) is 20.2 Å². The molecular weight excluding hydrogens is 614 g/mol. The van der Waals surface area contributed by atoms with Gasteiger partial charge in [-0.2, -0.15) is 0 Å². The van der Waals surface area contributed by atoms with Crippen LogP contribution in [0.25, 0.3) is 0 Å². The molecule has 1 aliphatic carbocycles. The molecule has 4 N–H and O–H groups in total. The maximum absolute atomic E-state index is 14.3. The predicted molar refractivity (Wildman–Crippen MR) is 182 cm³/mol. The average molecular weight is 668 g/mol. The first-order valence-corrected chi connectivity index (χ1v) is 16.7. The van der Waals surface area contributed by atoms with Crippen LogP contribution in [-0.4, -0.2) is 84.6 Å². The second kappa shape index (κ2) is 15.3. The van der Waals surface area contributed by atoms with Crippen molar-refractivity contribution in [2.24, 2.45) is 28.6 Å². The maximum Gasteiger partial charge on any atom is 0.316 e. The van der Waals surface area contributed by atoms with Gasteiger partial charge in [0.25, 0.3) is 5.91 Å². The van der Waals surface area contributed by atoms with Gasteiger partial charge in [0.15, 0.2) is 5.78 Å². The Labute approximate surface area is 284 Å². The van der Waals surface area contributed by atoms with Crippen molar-refractivity contribution in [2.45, 2.75) is 92.4 Å².